The Labute approximate surface area is 177 Å². The van der Waals surface area contributed by atoms with Crippen molar-refractivity contribution >= 4 is 17.8 Å². The number of aromatic hydroxyl groups is 1. The molecule has 7 heteroatoms. The minimum Gasteiger partial charge on any atom is -0.504 e. The number of hydrogen-bond donors (Lipinski definition) is 1. The Morgan fingerprint density at radius 3 is 2.65 bits per heavy atom. The normalized spacial score (nSPS) is 18.2. The molecular weight excluding hydrogens is 398 g/mol. The van der Waals surface area contributed by atoms with E-state index < -0.39 is 0 Å². The maximum absolute atomic E-state index is 13.0. The van der Waals surface area contributed by atoms with Gasteiger partial charge in [0.05, 0.1) is 19.1 Å². The lowest BCUT2D eigenvalue weighted by Gasteiger charge is -2.26. The van der Waals surface area contributed by atoms with Gasteiger partial charge in [-0.3, -0.25) is 14.6 Å². The molecule has 0 aliphatic carbocycles. The molecule has 1 N–H and O–H groups in total. The molecule has 0 bridgehead atoms. The van der Waals surface area contributed by atoms with Crippen LogP contribution in [0.3, 0.4) is 0 Å². The predicted molar refractivity (Wildman–Crippen MR) is 110 cm³/mol. The number of nitrogens with zero attached hydrogens (tertiary/aromatic N) is 1. The zero-order valence-electron chi connectivity index (χ0n) is 16.5. The fourth-order valence-electron chi connectivity index (χ4n) is 3.93. The first kappa shape index (κ1) is 18.9. The highest BCUT2D eigenvalue weighted by molar-refractivity contribution is 6.15. The number of esters is 1. The highest BCUT2D eigenvalue weighted by Crippen LogP contribution is 2.48. The summed E-state index contributed by atoms with van der Waals surface area (Å²) in [5.41, 5.74) is 2.53. The van der Waals surface area contributed by atoms with Crippen molar-refractivity contribution in [3.05, 3.63) is 82.9 Å². The number of Topliss-reactive ketones (excluding diaryl/α,β-unsaturated/α-hetero) is 1. The molecule has 2 aliphatic heterocycles. The highest BCUT2D eigenvalue weighted by Gasteiger charge is 2.38. The van der Waals surface area contributed by atoms with Crippen LogP contribution in [0.2, 0.25) is 0 Å². The van der Waals surface area contributed by atoms with E-state index >= 15 is 0 Å². The number of hydrogen-bond acceptors (Lipinski definition) is 7. The molecule has 154 valence electrons. The van der Waals surface area contributed by atoms with Crippen molar-refractivity contribution in [2.24, 2.45) is 0 Å². The number of phenolic OH excluding ortho intramolecular Hbond substituents is 1. The van der Waals surface area contributed by atoms with Crippen molar-refractivity contribution in [2.45, 2.75) is 12.3 Å². The zero-order chi connectivity index (χ0) is 21.5. The van der Waals surface area contributed by atoms with E-state index in [0.717, 1.165) is 5.56 Å². The van der Waals surface area contributed by atoms with Crippen molar-refractivity contribution in [1.82, 2.24) is 4.98 Å². The van der Waals surface area contributed by atoms with Gasteiger partial charge in [0, 0.05) is 23.9 Å². The van der Waals surface area contributed by atoms with Crippen LogP contribution >= 0.6 is 0 Å². The van der Waals surface area contributed by atoms with E-state index in [4.69, 9.17) is 14.2 Å². The summed E-state index contributed by atoms with van der Waals surface area (Å²) in [7, 11) is 1.46. The Balaban J connectivity index is 1.58. The minimum absolute atomic E-state index is 0.0400. The van der Waals surface area contributed by atoms with Crippen molar-refractivity contribution in [3.8, 4) is 23.0 Å². The van der Waals surface area contributed by atoms with Crippen LogP contribution in [0.4, 0.5) is 0 Å². The highest BCUT2D eigenvalue weighted by atomic mass is 16.5. The summed E-state index contributed by atoms with van der Waals surface area (Å²) in [6.45, 7) is 0. The van der Waals surface area contributed by atoms with Gasteiger partial charge in [0.2, 0.25) is 5.78 Å². The molecule has 1 atom stereocenters. The molecule has 0 fully saturated rings. The largest absolute Gasteiger partial charge is 0.504 e. The Kier molecular flexibility index (Phi) is 4.43. The number of ether oxygens (including phenoxy) is 3. The summed E-state index contributed by atoms with van der Waals surface area (Å²) in [5.74, 6) is 0.252. The van der Waals surface area contributed by atoms with Crippen LogP contribution in [0.25, 0.3) is 6.08 Å². The quantitative estimate of drug-likeness (QED) is 0.394. The summed E-state index contributed by atoms with van der Waals surface area (Å²) in [6.07, 6.45) is 5.01. The standard InChI is InChI=1S/C24H17NO6/c1-29-18-4-2-13(10-17(18)26)11-20-23(28)15-3-5-19-22(24(15)31-20)16(12-21(27)30-19)14-6-8-25-9-7-14/h2-11,16,26H,12H2,1H3. The number of rotatable bonds is 3. The average Bonchev–Trinajstić information content (AvgIpc) is 3.09. The molecule has 3 heterocycles. The molecule has 0 saturated heterocycles. The Morgan fingerprint density at radius 1 is 1.10 bits per heavy atom. The molecule has 0 saturated carbocycles. The summed E-state index contributed by atoms with van der Waals surface area (Å²) in [4.78, 5) is 29.2. The van der Waals surface area contributed by atoms with Gasteiger partial charge in [0.15, 0.2) is 17.3 Å². The molecular formula is C24H17NO6. The lowest BCUT2D eigenvalue weighted by atomic mass is 9.85. The first-order valence-electron chi connectivity index (χ1n) is 9.64. The SMILES string of the molecule is COc1ccc(C=C2Oc3c(ccc4c3C(c3ccncc3)CC(=O)O4)C2=O)cc1O. The number of carbonyl (C=O) groups excluding carboxylic acids is 2. The first-order chi connectivity index (χ1) is 15.0. The van der Waals surface area contributed by atoms with Crippen molar-refractivity contribution in [3.63, 3.8) is 0 Å². The number of phenols is 1. The summed E-state index contributed by atoms with van der Waals surface area (Å²) >= 11 is 0. The number of methoxy groups -OCH3 is 1. The van der Waals surface area contributed by atoms with E-state index in [-0.39, 0.29) is 35.6 Å². The molecule has 5 rings (SSSR count). The molecule has 31 heavy (non-hydrogen) atoms. The van der Waals surface area contributed by atoms with Crippen LogP contribution in [0.1, 0.15) is 39.4 Å². The fourth-order valence-corrected chi connectivity index (χ4v) is 3.93. The van der Waals surface area contributed by atoms with Gasteiger partial charge in [-0.1, -0.05) is 6.07 Å². The number of fused-ring (bicyclic) bond motifs is 3. The molecule has 1 unspecified atom stereocenters. The Bertz CT molecular complexity index is 1250. The molecule has 0 spiro atoms. The van der Waals surface area contributed by atoms with Crippen LogP contribution in [-0.4, -0.2) is 29.0 Å². The molecule has 1 aromatic heterocycles. The topological polar surface area (TPSA) is 95.0 Å². The van der Waals surface area contributed by atoms with Gasteiger partial charge in [-0.05, 0) is 53.6 Å². The van der Waals surface area contributed by atoms with E-state index in [1.54, 1.807) is 42.7 Å². The van der Waals surface area contributed by atoms with Crippen LogP contribution in [-0.2, 0) is 4.79 Å². The van der Waals surface area contributed by atoms with Crippen molar-refractivity contribution < 1.29 is 28.9 Å². The Hall–Kier alpha value is -4.13. The molecule has 7 nitrogen and oxygen atoms in total. The summed E-state index contributed by atoms with van der Waals surface area (Å²) < 4.78 is 16.5. The van der Waals surface area contributed by atoms with Gasteiger partial charge in [0.1, 0.15) is 11.5 Å². The van der Waals surface area contributed by atoms with E-state index in [1.165, 1.54) is 13.2 Å². The second kappa shape index (κ2) is 7.28. The maximum Gasteiger partial charge on any atom is 0.312 e. The van der Waals surface area contributed by atoms with E-state index in [1.807, 2.05) is 12.1 Å². The van der Waals surface area contributed by atoms with Crippen LogP contribution in [0.15, 0.2) is 60.6 Å². The second-order valence-corrected chi connectivity index (χ2v) is 7.24. The molecule has 0 radical (unpaired) electrons. The number of pyridine rings is 1. The monoisotopic (exact) mass is 415 g/mol. The fraction of sp³-hybridized carbons (Fsp3) is 0.125. The third-order valence-corrected chi connectivity index (χ3v) is 5.39. The van der Waals surface area contributed by atoms with Gasteiger partial charge >= 0.3 is 5.97 Å². The molecule has 2 aliphatic rings. The second-order valence-electron chi connectivity index (χ2n) is 7.24. The third kappa shape index (κ3) is 3.20. The first-order valence-corrected chi connectivity index (χ1v) is 9.64. The number of allylic oxidation sites excluding steroid dienone is 1. The van der Waals surface area contributed by atoms with Gasteiger partial charge in [0.25, 0.3) is 0 Å². The summed E-state index contributed by atoms with van der Waals surface area (Å²) in [6, 6.07) is 11.7. The summed E-state index contributed by atoms with van der Waals surface area (Å²) in [5, 5.41) is 10.0. The number of carbonyl (C=O) groups is 2. The van der Waals surface area contributed by atoms with E-state index in [2.05, 4.69) is 4.98 Å². The van der Waals surface area contributed by atoms with Gasteiger partial charge in [-0.15, -0.1) is 0 Å². The number of benzene rings is 2. The van der Waals surface area contributed by atoms with Crippen molar-refractivity contribution in [2.75, 3.05) is 7.11 Å². The van der Waals surface area contributed by atoms with Gasteiger partial charge in [-0.2, -0.15) is 0 Å². The zero-order valence-corrected chi connectivity index (χ0v) is 16.5. The van der Waals surface area contributed by atoms with Crippen LogP contribution in [0, 0.1) is 0 Å². The van der Waals surface area contributed by atoms with Crippen LogP contribution in [0.5, 0.6) is 23.0 Å². The third-order valence-electron chi connectivity index (χ3n) is 5.39. The smallest absolute Gasteiger partial charge is 0.312 e. The van der Waals surface area contributed by atoms with E-state index in [0.29, 0.717) is 33.9 Å². The number of aromatic nitrogens is 1. The predicted octanol–water partition coefficient (Wildman–Crippen LogP) is 3.85. The number of ketones is 1. The maximum atomic E-state index is 13.0. The lowest BCUT2D eigenvalue weighted by molar-refractivity contribution is -0.135. The molecule has 2 aromatic carbocycles. The van der Waals surface area contributed by atoms with Gasteiger partial charge < -0.3 is 19.3 Å². The van der Waals surface area contributed by atoms with Crippen molar-refractivity contribution in [1.29, 1.82) is 0 Å². The van der Waals surface area contributed by atoms with Crippen LogP contribution < -0.4 is 14.2 Å². The molecule has 3 aromatic rings. The average molecular weight is 415 g/mol. The van der Waals surface area contributed by atoms with E-state index in [9.17, 15) is 14.7 Å². The molecule has 0 amide bonds. The minimum atomic E-state index is -0.344. The lowest BCUT2D eigenvalue weighted by Crippen LogP contribution is -2.21. The van der Waals surface area contributed by atoms with Gasteiger partial charge in [-0.25, -0.2) is 0 Å². The Morgan fingerprint density at radius 2 is 1.90 bits per heavy atom.